The predicted octanol–water partition coefficient (Wildman–Crippen LogP) is 1.23. The fourth-order valence-corrected chi connectivity index (χ4v) is 1.27. The number of carbonyl (C=O) groups is 2. The van der Waals surface area contributed by atoms with Crippen molar-refractivity contribution in [2.24, 2.45) is 0 Å². The summed E-state index contributed by atoms with van der Waals surface area (Å²) < 4.78 is 9.71. The van der Waals surface area contributed by atoms with Crippen molar-refractivity contribution in [3.8, 4) is 0 Å². The van der Waals surface area contributed by atoms with Crippen LogP contribution in [0.25, 0.3) is 0 Å². The van der Waals surface area contributed by atoms with Crippen molar-refractivity contribution in [2.75, 3.05) is 13.8 Å². The van der Waals surface area contributed by atoms with Crippen LogP contribution in [-0.4, -0.2) is 25.7 Å². The van der Waals surface area contributed by atoms with E-state index in [-0.39, 0.29) is 38.1 Å². The summed E-state index contributed by atoms with van der Waals surface area (Å²) in [6, 6.07) is 9.39. The summed E-state index contributed by atoms with van der Waals surface area (Å²) in [6.45, 7) is 0.386. The number of esters is 1. The fourth-order valence-electron chi connectivity index (χ4n) is 1.27. The molecule has 1 aromatic rings. The molecule has 1 amide bonds. The van der Waals surface area contributed by atoms with E-state index in [0.717, 1.165) is 5.56 Å². The van der Waals surface area contributed by atoms with Crippen LogP contribution >= 0.6 is 0 Å². The number of benzene rings is 1. The highest BCUT2D eigenvalue weighted by atomic mass is 16.5. The topological polar surface area (TPSA) is 64.6 Å². The van der Waals surface area contributed by atoms with Crippen LogP contribution in [0.2, 0.25) is 0 Å². The molecule has 0 heterocycles. The normalized spacial score (nSPS) is 9.83. The van der Waals surface area contributed by atoms with Crippen molar-refractivity contribution < 1.29 is 19.1 Å². The average molecular weight is 251 g/mol. The van der Waals surface area contributed by atoms with Gasteiger partial charge in [0.2, 0.25) is 5.91 Å². The number of methoxy groups -OCH3 is 1. The zero-order chi connectivity index (χ0) is 13.2. The number of ether oxygens (including phenoxy) is 2. The summed E-state index contributed by atoms with van der Waals surface area (Å²) in [7, 11) is 1.48. The molecule has 0 saturated heterocycles. The Morgan fingerprint density at radius 3 is 2.56 bits per heavy atom. The second kappa shape index (κ2) is 8.25. The second-order valence-electron chi connectivity index (χ2n) is 3.68. The van der Waals surface area contributed by atoms with Gasteiger partial charge < -0.3 is 14.8 Å². The first-order valence-corrected chi connectivity index (χ1v) is 5.67. The molecule has 0 atom stereocenters. The number of carbonyl (C=O) groups excluding carboxylic acids is 2. The van der Waals surface area contributed by atoms with Gasteiger partial charge in [-0.2, -0.15) is 0 Å². The Morgan fingerprint density at radius 2 is 1.89 bits per heavy atom. The zero-order valence-corrected chi connectivity index (χ0v) is 10.3. The van der Waals surface area contributed by atoms with Crippen LogP contribution in [0, 0.1) is 0 Å². The van der Waals surface area contributed by atoms with Crippen molar-refractivity contribution in [2.45, 2.75) is 19.4 Å². The van der Waals surface area contributed by atoms with Crippen LogP contribution in [0.5, 0.6) is 0 Å². The third-order valence-corrected chi connectivity index (χ3v) is 2.21. The molecule has 0 aliphatic heterocycles. The molecule has 0 aliphatic carbocycles. The SMILES string of the molecule is COCNC(=O)CCC(=O)OCc1ccccc1. The minimum Gasteiger partial charge on any atom is -0.461 e. The number of nitrogens with one attached hydrogen (secondary N) is 1. The van der Waals surface area contributed by atoms with Gasteiger partial charge in [-0.05, 0) is 5.56 Å². The molecular formula is C13H17NO4. The molecule has 0 unspecified atom stereocenters. The van der Waals surface area contributed by atoms with E-state index in [4.69, 9.17) is 4.74 Å². The summed E-state index contributed by atoms with van der Waals surface area (Å²) in [5.41, 5.74) is 0.926. The maximum atomic E-state index is 11.4. The van der Waals surface area contributed by atoms with Gasteiger partial charge in [-0.3, -0.25) is 9.59 Å². The molecule has 0 bridgehead atoms. The van der Waals surface area contributed by atoms with Gasteiger partial charge in [-0.25, -0.2) is 0 Å². The highest BCUT2D eigenvalue weighted by molar-refractivity contribution is 5.81. The van der Waals surface area contributed by atoms with Crippen LogP contribution in [0.4, 0.5) is 0 Å². The van der Waals surface area contributed by atoms with E-state index in [0.29, 0.717) is 0 Å². The van der Waals surface area contributed by atoms with E-state index in [1.54, 1.807) is 0 Å². The zero-order valence-electron chi connectivity index (χ0n) is 10.3. The molecule has 5 nitrogen and oxygen atoms in total. The monoisotopic (exact) mass is 251 g/mol. The van der Waals surface area contributed by atoms with Crippen molar-refractivity contribution >= 4 is 11.9 Å². The summed E-state index contributed by atoms with van der Waals surface area (Å²) in [5, 5.41) is 2.49. The van der Waals surface area contributed by atoms with Crippen LogP contribution in [0.15, 0.2) is 30.3 Å². The van der Waals surface area contributed by atoms with E-state index in [1.165, 1.54) is 7.11 Å². The lowest BCUT2D eigenvalue weighted by atomic mass is 10.2. The van der Waals surface area contributed by atoms with Gasteiger partial charge in [0.25, 0.3) is 0 Å². The number of hydrogen-bond donors (Lipinski definition) is 1. The first-order valence-electron chi connectivity index (χ1n) is 5.67. The van der Waals surface area contributed by atoms with Crippen molar-refractivity contribution in [1.29, 1.82) is 0 Å². The number of hydrogen-bond acceptors (Lipinski definition) is 4. The minimum absolute atomic E-state index is 0.0718. The Balaban J connectivity index is 2.16. The summed E-state index contributed by atoms with van der Waals surface area (Å²) in [6.07, 6.45) is 0.180. The van der Waals surface area contributed by atoms with Gasteiger partial charge >= 0.3 is 5.97 Å². The third kappa shape index (κ3) is 6.00. The maximum Gasteiger partial charge on any atom is 0.306 e. The van der Waals surface area contributed by atoms with Gasteiger partial charge in [0.1, 0.15) is 13.3 Å². The lowest BCUT2D eigenvalue weighted by Gasteiger charge is -2.05. The quantitative estimate of drug-likeness (QED) is 0.584. The van der Waals surface area contributed by atoms with Crippen LogP contribution in [-0.2, 0) is 25.7 Å². The molecule has 5 heteroatoms. The Kier molecular flexibility index (Phi) is 6.50. The molecule has 18 heavy (non-hydrogen) atoms. The van der Waals surface area contributed by atoms with Crippen LogP contribution in [0.3, 0.4) is 0 Å². The third-order valence-electron chi connectivity index (χ3n) is 2.21. The molecule has 0 fully saturated rings. The smallest absolute Gasteiger partial charge is 0.306 e. The fraction of sp³-hybridized carbons (Fsp3) is 0.385. The molecule has 0 aliphatic rings. The lowest BCUT2D eigenvalue weighted by molar-refractivity contribution is -0.146. The molecule has 0 radical (unpaired) electrons. The van der Waals surface area contributed by atoms with Crippen LogP contribution in [0.1, 0.15) is 18.4 Å². The molecule has 0 saturated carbocycles. The highest BCUT2D eigenvalue weighted by Gasteiger charge is 2.07. The Bertz CT molecular complexity index is 378. The molecule has 1 rings (SSSR count). The van der Waals surface area contributed by atoms with Gasteiger partial charge in [-0.1, -0.05) is 30.3 Å². The number of rotatable bonds is 7. The van der Waals surface area contributed by atoms with Crippen molar-refractivity contribution in [3.05, 3.63) is 35.9 Å². The predicted molar refractivity (Wildman–Crippen MR) is 65.5 cm³/mol. The van der Waals surface area contributed by atoms with Crippen LogP contribution < -0.4 is 5.32 Å². The first kappa shape index (κ1) is 14.2. The first-order chi connectivity index (χ1) is 8.72. The van der Waals surface area contributed by atoms with Crippen molar-refractivity contribution in [3.63, 3.8) is 0 Å². The molecular weight excluding hydrogens is 234 g/mol. The van der Waals surface area contributed by atoms with E-state index in [2.05, 4.69) is 10.1 Å². The maximum absolute atomic E-state index is 11.4. The van der Waals surface area contributed by atoms with Crippen molar-refractivity contribution in [1.82, 2.24) is 5.32 Å². The van der Waals surface area contributed by atoms with Gasteiger partial charge in [0, 0.05) is 13.5 Å². The Labute approximate surface area is 106 Å². The Hall–Kier alpha value is -1.88. The summed E-state index contributed by atoms with van der Waals surface area (Å²) in [5.74, 6) is -0.611. The van der Waals surface area contributed by atoms with Gasteiger partial charge in [0.15, 0.2) is 0 Å². The van der Waals surface area contributed by atoms with Gasteiger partial charge in [-0.15, -0.1) is 0 Å². The standard InChI is InChI=1S/C13H17NO4/c1-17-10-14-12(15)7-8-13(16)18-9-11-5-3-2-4-6-11/h2-6H,7-10H2,1H3,(H,14,15). The van der Waals surface area contributed by atoms with E-state index in [9.17, 15) is 9.59 Å². The molecule has 0 aromatic heterocycles. The highest BCUT2D eigenvalue weighted by Crippen LogP contribution is 2.02. The molecule has 98 valence electrons. The largest absolute Gasteiger partial charge is 0.461 e. The Morgan fingerprint density at radius 1 is 1.17 bits per heavy atom. The number of amides is 1. The molecule has 1 N–H and O–H groups in total. The molecule has 1 aromatic carbocycles. The van der Waals surface area contributed by atoms with Gasteiger partial charge in [0.05, 0.1) is 6.42 Å². The summed E-state index contributed by atoms with van der Waals surface area (Å²) >= 11 is 0. The second-order valence-corrected chi connectivity index (χ2v) is 3.68. The van der Waals surface area contributed by atoms with E-state index >= 15 is 0 Å². The molecule has 0 spiro atoms. The van der Waals surface area contributed by atoms with E-state index < -0.39 is 0 Å². The average Bonchev–Trinajstić information content (AvgIpc) is 2.41. The summed E-state index contributed by atoms with van der Waals surface area (Å²) in [4.78, 5) is 22.5. The minimum atomic E-state index is -0.383. The lowest BCUT2D eigenvalue weighted by Crippen LogP contribution is -2.25. The van der Waals surface area contributed by atoms with E-state index in [1.807, 2.05) is 30.3 Å².